The molecule has 0 saturated carbocycles. The number of aromatic nitrogens is 3. The maximum absolute atomic E-state index is 11.2. The monoisotopic (exact) mass is 228 g/mol. The molecule has 0 aliphatic rings. The van der Waals surface area contributed by atoms with Crippen LogP contribution in [0.25, 0.3) is 11.4 Å². The summed E-state index contributed by atoms with van der Waals surface area (Å²) in [7, 11) is 1.38. The molecule has 0 atom stereocenters. The normalized spacial score (nSPS) is 9.65. The molecule has 6 heteroatoms. The summed E-state index contributed by atoms with van der Waals surface area (Å²) in [5, 5.41) is 8.78. The van der Waals surface area contributed by atoms with Crippen molar-refractivity contribution < 1.29 is 4.74 Å². The number of rotatable bonds is 2. The predicted molar refractivity (Wildman–Crippen MR) is 59.4 cm³/mol. The van der Waals surface area contributed by atoms with Crippen LogP contribution < -0.4 is 10.4 Å². The number of hydrogen-bond acceptors (Lipinski definition) is 5. The Labute approximate surface area is 96.5 Å². The van der Waals surface area contributed by atoms with Gasteiger partial charge in [-0.3, -0.25) is 4.98 Å². The average Bonchev–Trinajstić information content (AvgIpc) is 2.38. The van der Waals surface area contributed by atoms with Crippen LogP contribution in [0.4, 0.5) is 0 Å². The minimum absolute atomic E-state index is 0.00823. The Morgan fingerprint density at radius 2 is 2.24 bits per heavy atom. The van der Waals surface area contributed by atoms with E-state index in [2.05, 4.69) is 15.0 Å². The zero-order valence-corrected chi connectivity index (χ0v) is 8.97. The molecule has 1 aromatic carbocycles. The van der Waals surface area contributed by atoms with Crippen LogP contribution in [0.5, 0.6) is 6.01 Å². The van der Waals surface area contributed by atoms with Crippen molar-refractivity contribution in [2.45, 2.75) is 0 Å². The molecule has 0 radical (unpaired) electrons. The smallest absolute Gasteiger partial charge is 0.351 e. The highest BCUT2D eigenvalue weighted by molar-refractivity contribution is 5.57. The van der Waals surface area contributed by atoms with Crippen molar-refractivity contribution in [2.24, 2.45) is 0 Å². The predicted octanol–water partition coefficient (Wildman–Crippen LogP) is 0.712. The van der Waals surface area contributed by atoms with Crippen LogP contribution >= 0.6 is 0 Å². The number of nitriles is 1. The van der Waals surface area contributed by atoms with E-state index in [0.717, 1.165) is 0 Å². The molecule has 0 bridgehead atoms. The molecular weight excluding hydrogens is 220 g/mol. The Balaban J connectivity index is 2.56. The molecule has 2 rings (SSSR count). The first kappa shape index (κ1) is 10.8. The van der Waals surface area contributed by atoms with E-state index in [1.54, 1.807) is 24.3 Å². The van der Waals surface area contributed by atoms with E-state index in [1.165, 1.54) is 7.11 Å². The number of nitrogens with one attached hydrogen (secondary N) is 1. The van der Waals surface area contributed by atoms with E-state index in [4.69, 9.17) is 10.00 Å². The molecule has 2 aromatic rings. The highest BCUT2D eigenvalue weighted by Crippen LogP contribution is 2.15. The fourth-order valence-corrected chi connectivity index (χ4v) is 1.33. The Morgan fingerprint density at radius 1 is 1.41 bits per heavy atom. The number of H-pyrrole nitrogens is 1. The first-order chi connectivity index (χ1) is 8.22. The van der Waals surface area contributed by atoms with Crippen molar-refractivity contribution in [1.29, 1.82) is 5.26 Å². The lowest BCUT2D eigenvalue weighted by molar-refractivity contribution is 0.377. The lowest BCUT2D eigenvalue weighted by Crippen LogP contribution is -2.14. The highest BCUT2D eigenvalue weighted by atomic mass is 16.5. The van der Waals surface area contributed by atoms with Gasteiger partial charge in [-0.15, -0.1) is 4.98 Å². The molecule has 1 aromatic heterocycles. The summed E-state index contributed by atoms with van der Waals surface area (Å²) in [5.41, 5.74) is 0.567. The fourth-order valence-electron chi connectivity index (χ4n) is 1.33. The van der Waals surface area contributed by atoms with E-state index < -0.39 is 5.69 Å². The van der Waals surface area contributed by atoms with E-state index in [1.807, 2.05) is 6.07 Å². The van der Waals surface area contributed by atoms with Crippen LogP contribution in [0.3, 0.4) is 0 Å². The van der Waals surface area contributed by atoms with E-state index in [0.29, 0.717) is 17.0 Å². The molecule has 0 amide bonds. The summed E-state index contributed by atoms with van der Waals surface area (Å²) < 4.78 is 4.81. The van der Waals surface area contributed by atoms with Gasteiger partial charge in [0.1, 0.15) is 5.82 Å². The average molecular weight is 228 g/mol. The maximum atomic E-state index is 11.2. The molecule has 0 saturated heterocycles. The number of aromatic amines is 1. The zero-order chi connectivity index (χ0) is 12.3. The van der Waals surface area contributed by atoms with E-state index >= 15 is 0 Å². The van der Waals surface area contributed by atoms with Crippen LogP contribution in [0.15, 0.2) is 29.1 Å². The van der Waals surface area contributed by atoms with Gasteiger partial charge in [-0.25, -0.2) is 4.79 Å². The molecule has 0 aliphatic heterocycles. The molecule has 6 nitrogen and oxygen atoms in total. The van der Waals surface area contributed by atoms with Crippen LogP contribution in [-0.2, 0) is 0 Å². The van der Waals surface area contributed by atoms with Crippen LogP contribution in [-0.4, -0.2) is 22.1 Å². The second-order valence-corrected chi connectivity index (χ2v) is 3.18. The molecule has 0 aliphatic carbocycles. The summed E-state index contributed by atoms with van der Waals surface area (Å²) >= 11 is 0. The third-order valence-corrected chi connectivity index (χ3v) is 2.08. The van der Waals surface area contributed by atoms with Crippen molar-refractivity contribution in [3.05, 3.63) is 40.3 Å². The first-order valence-corrected chi connectivity index (χ1v) is 4.76. The van der Waals surface area contributed by atoms with Crippen LogP contribution in [0.1, 0.15) is 5.56 Å². The highest BCUT2D eigenvalue weighted by Gasteiger charge is 2.05. The lowest BCUT2D eigenvalue weighted by atomic mass is 10.1. The number of hydrogen-bond donors (Lipinski definition) is 1. The Kier molecular flexibility index (Phi) is 2.83. The van der Waals surface area contributed by atoms with Crippen molar-refractivity contribution in [2.75, 3.05) is 7.11 Å². The van der Waals surface area contributed by atoms with Gasteiger partial charge in [0.2, 0.25) is 0 Å². The van der Waals surface area contributed by atoms with Gasteiger partial charge < -0.3 is 4.74 Å². The first-order valence-electron chi connectivity index (χ1n) is 4.76. The summed E-state index contributed by atoms with van der Waals surface area (Å²) in [6.07, 6.45) is 0. The Hall–Kier alpha value is -2.68. The van der Waals surface area contributed by atoms with Gasteiger partial charge in [0.25, 0.3) is 0 Å². The van der Waals surface area contributed by atoms with Crippen LogP contribution in [0.2, 0.25) is 0 Å². The summed E-state index contributed by atoms with van der Waals surface area (Å²) in [5.74, 6) is 0.318. The molecule has 0 unspecified atom stereocenters. The van der Waals surface area contributed by atoms with Crippen molar-refractivity contribution in [1.82, 2.24) is 15.0 Å². The molecule has 0 fully saturated rings. The Bertz CT molecular complexity index is 642. The fraction of sp³-hybridized carbons (Fsp3) is 0.0909. The second kappa shape index (κ2) is 4.45. The molecule has 84 valence electrons. The van der Waals surface area contributed by atoms with Gasteiger partial charge in [0.05, 0.1) is 18.7 Å². The molecule has 1 N–H and O–H groups in total. The lowest BCUT2D eigenvalue weighted by Gasteiger charge is -2.02. The Morgan fingerprint density at radius 3 is 2.94 bits per heavy atom. The van der Waals surface area contributed by atoms with E-state index in [9.17, 15) is 4.79 Å². The van der Waals surface area contributed by atoms with Gasteiger partial charge in [-0.2, -0.15) is 10.2 Å². The molecular formula is C11H8N4O2. The third-order valence-electron chi connectivity index (χ3n) is 2.08. The van der Waals surface area contributed by atoms with Gasteiger partial charge >= 0.3 is 11.7 Å². The number of ether oxygens (including phenoxy) is 1. The molecule has 1 heterocycles. The van der Waals surface area contributed by atoms with Gasteiger partial charge in [-0.05, 0) is 12.1 Å². The van der Waals surface area contributed by atoms with Crippen molar-refractivity contribution in [3.8, 4) is 23.5 Å². The largest absolute Gasteiger partial charge is 0.467 e. The summed E-state index contributed by atoms with van der Waals surface area (Å²) in [6.45, 7) is 0. The van der Waals surface area contributed by atoms with Crippen LogP contribution in [0, 0.1) is 11.3 Å². The number of methoxy groups -OCH3 is 1. The molecule has 17 heavy (non-hydrogen) atoms. The second-order valence-electron chi connectivity index (χ2n) is 3.18. The standard InChI is InChI=1S/C11H8N4O2/c1-17-11-14-9(13-10(16)15-11)8-4-2-3-7(5-8)6-12/h2-5H,1H3,(H,13,14,15,16). The van der Waals surface area contributed by atoms with Gasteiger partial charge in [0.15, 0.2) is 0 Å². The van der Waals surface area contributed by atoms with E-state index in [-0.39, 0.29) is 6.01 Å². The van der Waals surface area contributed by atoms with Gasteiger partial charge in [-0.1, -0.05) is 12.1 Å². The summed E-state index contributed by atoms with van der Waals surface area (Å²) in [4.78, 5) is 21.2. The van der Waals surface area contributed by atoms with Crippen molar-refractivity contribution in [3.63, 3.8) is 0 Å². The molecule has 0 spiro atoms. The summed E-state index contributed by atoms with van der Waals surface area (Å²) in [6, 6.07) is 8.74. The minimum Gasteiger partial charge on any atom is -0.467 e. The number of nitrogens with zero attached hydrogens (tertiary/aromatic N) is 3. The SMILES string of the molecule is COc1nc(-c2cccc(C#N)c2)[nH]c(=O)n1. The van der Waals surface area contributed by atoms with Crippen molar-refractivity contribution >= 4 is 0 Å². The van der Waals surface area contributed by atoms with Gasteiger partial charge in [0, 0.05) is 5.56 Å². The number of benzene rings is 1. The third kappa shape index (κ3) is 2.29. The maximum Gasteiger partial charge on any atom is 0.351 e. The quantitative estimate of drug-likeness (QED) is 0.817. The topological polar surface area (TPSA) is 91.7 Å². The minimum atomic E-state index is -0.547. The zero-order valence-electron chi connectivity index (χ0n) is 8.97.